The van der Waals surface area contributed by atoms with Gasteiger partial charge in [0.05, 0.1) is 5.69 Å². The lowest BCUT2D eigenvalue weighted by molar-refractivity contribution is -0.128. The maximum absolute atomic E-state index is 14.1. The number of hydrogen-bond acceptors (Lipinski definition) is 2. The molecule has 3 N–H and O–H groups in total. The number of aliphatic hydroxyl groups is 1. The van der Waals surface area contributed by atoms with Crippen molar-refractivity contribution in [3.63, 3.8) is 0 Å². The highest BCUT2D eigenvalue weighted by molar-refractivity contribution is 5.91. The predicted octanol–water partition coefficient (Wildman–Crippen LogP) is 3.28. The number of nitrogens with one attached hydrogen (secondary N) is 2. The van der Waals surface area contributed by atoms with Crippen LogP contribution in [-0.2, 0) is 11.3 Å². The first-order chi connectivity index (χ1) is 11.5. The number of benzene rings is 2. The van der Waals surface area contributed by atoms with Crippen molar-refractivity contribution in [3.05, 3.63) is 59.4 Å². The van der Waals surface area contributed by atoms with Crippen molar-refractivity contribution in [2.24, 2.45) is 0 Å². The molecule has 1 atom stereocenters. The molecular weight excluding hydrogens is 307 g/mol. The van der Waals surface area contributed by atoms with Crippen LogP contribution in [0.4, 0.5) is 4.39 Å². The molecule has 0 radical (unpaired) electrons. The number of aromatic amines is 1. The summed E-state index contributed by atoms with van der Waals surface area (Å²) in [6, 6.07) is 12.4. The second-order valence-electron chi connectivity index (χ2n) is 5.88. The molecule has 2 aromatic carbocycles. The lowest BCUT2D eigenvalue weighted by Gasteiger charge is -2.07. The first-order valence-corrected chi connectivity index (χ1v) is 7.79. The van der Waals surface area contributed by atoms with E-state index in [0.29, 0.717) is 12.1 Å². The molecule has 0 bridgehead atoms. The number of aryl methyl sites for hydroxylation is 1. The van der Waals surface area contributed by atoms with Crippen LogP contribution in [0.1, 0.15) is 18.1 Å². The van der Waals surface area contributed by atoms with Crippen LogP contribution in [-0.4, -0.2) is 22.1 Å². The molecule has 1 amide bonds. The summed E-state index contributed by atoms with van der Waals surface area (Å²) in [6.45, 7) is 3.70. The van der Waals surface area contributed by atoms with Gasteiger partial charge in [0.1, 0.15) is 11.9 Å². The van der Waals surface area contributed by atoms with Gasteiger partial charge in [0.25, 0.3) is 0 Å². The maximum atomic E-state index is 14.1. The van der Waals surface area contributed by atoms with Crippen LogP contribution < -0.4 is 5.32 Å². The van der Waals surface area contributed by atoms with Gasteiger partial charge in [-0.1, -0.05) is 18.2 Å². The predicted molar refractivity (Wildman–Crippen MR) is 92.0 cm³/mol. The van der Waals surface area contributed by atoms with Gasteiger partial charge in [-0.2, -0.15) is 0 Å². The number of hydrogen-bond donors (Lipinski definition) is 3. The number of amides is 1. The van der Waals surface area contributed by atoms with Gasteiger partial charge < -0.3 is 15.4 Å². The normalized spacial score (nSPS) is 12.3. The zero-order chi connectivity index (χ0) is 17.3. The van der Waals surface area contributed by atoms with Crippen LogP contribution in [0.3, 0.4) is 0 Å². The second kappa shape index (κ2) is 6.45. The highest BCUT2D eigenvalue weighted by Gasteiger charge is 2.13. The molecule has 24 heavy (non-hydrogen) atoms. The number of carbonyl (C=O) groups is 1. The summed E-state index contributed by atoms with van der Waals surface area (Å²) in [5.74, 6) is -0.676. The van der Waals surface area contributed by atoms with Crippen molar-refractivity contribution in [1.29, 1.82) is 0 Å². The van der Waals surface area contributed by atoms with Crippen molar-refractivity contribution < 1.29 is 14.3 Å². The van der Waals surface area contributed by atoms with Gasteiger partial charge in [-0.3, -0.25) is 4.79 Å². The Balaban J connectivity index is 1.95. The molecule has 0 aliphatic rings. The van der Waals surface area contributed by atoms with Gasteiger partial charge in [-0.05, 0) is 49.2 Å². The summed E-state index contributed by atoms with van der Waals surface area (Å²) < 4.78 is 14.1. The van der Waals surface area contributed by atoms with E-state index in [2.05, 4.69) is 10.3 Å². The number of halogens is 1. The molecule has 1 aromatic heterocycles. The Bertz CT molecular complexity index is 900. The first-order valence-electron chi connectivity index (χ1n) is 7.79. The van der Waals surface area contributed by atoms with E-state index in [1.165, 1.54) is 13.0 Å². The minimum Gasteiger partial charge on any atom is -0.384 e. The fourth-order valence-electron chi connectivity index (χ4n) is 2.75. The number of aromatic nitrogens is 1. The lowest BCUT2D eigenvalue weighted by atomic mass is 10.0. The summed E-state index contributed by atoms with van der Waals surface area (Å²) in [5.41, 5.74) is 4.08. The molecule has 0 saturated carbocycles. The molecule has 1 heterocycles. The standard InChI is InChI=1S/C19H19FN2O2/c1-11-15-9-13(10-21-19(24)12(2)23)7-8-17(15)22-18(11)14-5-3-4-6-16(14)20/h3-9,12,22-23H,10H2,1-2H3,(H,21,24)/t12-/m1/s1. The zero-order valence-electron chi connectivity index (χ0n) is 13.6. The van der Waals surface area contributed by atoms with E-state index in [0.717, 1.165) is 27.7 Å². The van der Waals surface area contributed by atoms with Crippen LogP contribution in [0, 0.1) is 12.7 Å². The lowest BCUT2D eigenvalue weighted by Crippen LogP contribution is -2.31. The molecule has 0 spiro atoms. The van der Waals surface area contributed by atoms with Crippen molar-refractivity contribution in [2.75, 3.05) is 0 Å². The molecule has 5 heteroatoms. The Hall–Kier alpha value is -2.66. The molecule has 0 fully saturated rings. The monoisotopic (exact) mass is 326 g/mol. The second-order valence-corrected chi connectivity index (χ2v) is 5.88. The smallest absolute Gasteiger partial charge is 0.248 e. The highest BCUT2D eigenvalue weighted by Crippen LogP contribution is 2.31. The molecular formula is C19H19FN2O2. The quantitative estimate of drug-likeness (QED) is 0.689. The van der Waals surface area contributed by atoms with Gasteiger partial charge >= 0.3 is 0 Å². The third-order valence-electron chi connectivity index (χ3n) is 4.11. The largest absolute Gasteiger partial charge is 0.384 e. The van der Waals surface area contributed by atoms with E-state index in [9.17, 15) is 14.3 Å². The third-order valence-corrected chi connectivity index (χ3v) is 4.11. The SMILES string of the molecule is Cc1c(-c2ccccc2F)[nH]c2ccc(CNC(=O)[C@@H](C)O)cc12. The maximum Gasteiger partial charge on any atom is 0.248 e. The number of fused-ring (bicyclic) bond motifs is 1. The fraction of sp³-hybridized carbons (Fsp3) is 0.211. The number of aliphatic hydroxyl groups excluding tert-OH is 1. The molecule has 0 unspecified atom stereocenters. The average molecular weight is 326 g/mol. The molecule has 124 valence electrons. The summed E-state index contributed by atoms with van der Waals surface area (Å²) in [7, 11) is 0. The molecule has 3 aromatic rings. The average Bonchev–Trinajstić information content (AvgIpc) is 2.89. The molecule has 3 rings (SSSR count). The van der Waals surface area contributed by atoms with E-state index < -0.39 is 12.0 Å². The van der Waals surface area contributed by atoms with Crippen molar-refractivity contribution in [2.45, 2.75) is 26.5 Å². The third kappa shape index (κ3) is 3.03. The van der Waals surface area contributed by atoms with Crippen LogP contribution in [0.2, 0.25) is 0 Å². The van der Waals surface area contributed by atoms with Crippen LogP contribution in [0.15, 0.2) is 42.5 Å². The van der Waals surface area contributed by atoms with Gasteiger partial charge in [0, 0.05) is 23.0 Å². The Morgan fingerprint density at radius 3 is 2.75 bits per heavy atom. The van der Waals surface area contributed by atoms with Gasteiger partial charge in [-0.25, -0.2) is 4.39 Å². The Morgan fingerprint density at radius 1 is 1.29 bits per heavy atom. The zero-order valence-corrected chi connectivity index (χ0v) is 13.6. The van der Waals surface area contributed by atoms with E-state index in [1.807, 2.05) is 25.1 Å². The Kier molecular flexibility index (Phi) is 4.36. The van der Waals surface area contributed by atoms with Gasteiger partial charge in [0.15, 0.2) is 0 Å². The summed E-state index contributed by atoms with van der Waals surface area (Å²) in [6.07, 6.45) is -1.03. The van der Waals surface area contributed by atoms with Crippen LogP contribution >= 0.6 is 0 Å². The molecule has 4 nitrogen and oxygen atoms in total. The minimum atomic E-state index is -1.03. The van der Waals surface area contributed by atoms with Crippen molar-refractivity contribution in [1.82, 2.24) is 10.3 Å². The van der Waals surface area contributed by atoms with E-state index in [4.69, 9.17) is 0 Å². The van der Waals surface area contributed by atoms with Gasteiger partial charge in [-0.15, -0.1) is 0 Å². The Morgan fingerprint density at radius 2 is 2.04 bits per heavy atom. The van der Waals surface area contributed by atoms with Crippen LogP contribution in [0.25, 0.3) is 22.2 Å². The number of H-pyrrole nitrogens is 1. The summed E-state index contributed by atoms with van der Waals surface area (Å²) in [4.78, 5) is 14.7. The number of rotatable bonds is 4. The molecule has 0 aliphatic heterocycles. The summed E-state index contributed by atoms with van der Waals surface area (Å²) >= 11 is 0. The van der Waals surface area contributed by atoms with Crippen molar-refractivity contribution in [3.8, 4) is 11.3 Å². The van der Waals surface area contributed by atoms with E-state index in [1.54, 1.807) is 18.2 Å². The topological polar surface area (TPSA) is 65.1 Å². The Labute approximate surface area is 139 Å². The first kappa shape index (κ1) is 16.2. The molecule has 0 aliphatic carbocycles. The van der Waals surface area contributed by atoms with E-state index >= 15 is 0 Å². The van der Waals surface area contributed by atoms with Gasteiger partial charge in [0.2, 0.25) is 5.91 Å². The van der Waals surface area contributed by atoms with Crippen LogP contribution in [0.5, 0.6) is 0 Å². The van der Waals surface area contributed by atoms with Crippen molar-refractivity contribution >= 4 is 16.8 Å². The highest BCUT2D eigenvalue weighted by atomic mass is 19.1. The van der Waals surface area contributed by atoms with E-state index in [-0.39, 0.29) is 5.82 Å². The number of carbonyl (C=O) groups excluding carboxylic acids is 1. The molecule has 0 saturated heterocycles. The fourth-order valence-corrected chi connectivity index (χ4v) is 2.75. The summed E-state index contributed by atoms with van der Waals surface area (Å²) in [5, 5.41) is 12.9. The minimum absolute atomic E-state index is 0.267.